The molecule has 4 aliphatic rings. The predicted octanol–water partition coefficient (Wildman–Crippen LogP) is 5.84. The Hall–Kier alpha value is -1.50. The number of hydrogen-bond acceptors (Lipinski definition) is 3. The van der Waals surface area contributed by atoms with Crippen LogP contribution in [0.25, 0.3) is 0 Å². The first kappa shape index (κ1) is 22.3. The quantitative estimate of drug-likeness (QED) is 0.592. The monoisotopic (exact) mass is 436 g/mol. The third-order valence-corrected chi connectivity index (χ3v) is 10.5. The van der Waals surface area contributed by atoms with Crippen LogP contribution in [0.4, 0.5) is 0 Å². The fourth-order valence-corrected chi connectivity index (χ4v) is 8.63. The maximum absolute atomic E-state index is 11.5. The molecule has 4 saturated carbocycles. The normalized spacial score (nSPS) is 45.1. The summed E-state index contributed by atoms with van der Waals surface area (Å²) in [6, 6.07) is 7.84. The van der Waals surface area contributed by atoms with Crippen molar-refractivity contribution in [3.63, 3.8) is 0 Å². The Balaban J connectivity index is 1.35. The molecule has 3 heteroatoms. The lowest BCUT2D eigenvalue weighted by atomic mass is 9.44. The van der Waals surface area contributed by atoms with Crippen molar-refractivity contribution >= 4 is 0 Å². The fraction of sp³-hybridized carbons (Fsp3) is 0.724. The molecule has 4 unspecified atom stereocenters. The van der Waals surface area contributed by atoms with Gasteiger partial charge in [-0.25, -0.2) is 0 Å². The van der Waals surface area contributed by atoms with Crippen LogP contribution in [0.15, 0.2) is 24.3 Å². The van der Waals surface area contributed by atoms with Gasteiger partial charge in [-0.15, -0.1) is 0 Å². The largest absolute Gasteiger partial charge is 0.495 e. The van der Waals surface area contributed by atoms with Gasteiger partial charge in [0.15, 0.2) is 0 Å². The summed E-state index contributed by atoms with van der Waals surface area (Å²) in [6.45, 7) is 5.06. The van der Waals surface area contributed by atoms with Crippen molar-refractivity contribution in [2.75, 3.05) is 14.2 Å². The van der Waals surface area contributed by atoms with Gasteiger partial charge in [-0.2, -0.15) is 0 Å². The number of fused-ring (bicyclic) bond motifs is 5. The van der Waals surface area contributed by atoms with Crippen LogP contribution in [0.2, 0.25) is 0 Å². The van der Waals surface area contributed by atoms with Gasteiger partial charge in [0.25, 0.3) is 0 Å². The van der Waals surface area contributed by atoms with E-state index >= 15 is 0 Å². The van der Waals surface area contributed by atoms with Gasteiger partial charge in [0, 0.05) is 7.11 Å². The minimum Gasteiger partial charge on any atom is -0.495 e. The summed E-state index contributed by atoms with van der Waals surface area (Å²) in [5.41, 5.74) is 0.693. The standard InChI is InChI=1S/C29H40O3/c1-27-17-18-29(30,16-13-20-7-5-6-8-25(20)31-3)19-21(27)9-10-22-23-11-12-26(32-4)28(23,2)15-14-24(22)27/h5-8,21-24,26,30H,9-12,14-15,17-19H2,1-4H3/t21?,22?,23?,24?,26-,27-,28-,29+/m0/s1. The number of benzene rings is 1. The molecule has 1 N–H and O–H groups in total. The first-order valence-electron chi connectivity index (χ1n) is 12.7. The zero-order valence-electron chi connectivity index (χ0n) is 20.3. The molecule has 0 bridgehead atoms. The first-order valence-corrected chi connectivity index (χ1v) is 12.7. The Morgan fingerprint density at radius 1 is 0.906 bits per heavy atom. The maximum Gasteiger partial charge on any atom is 0.134 e. The molecule has 0 spiro atoms. The second kappa shape index (κ2) is 8.07. The minimum atomic E-state index is -0.879. The molecule has 0 aromatic heterocycles. The lowest BCUT2D eigenvalue weighted by Crippen LogP contribution is -2.56. The van der Waals surface area contributed by atoms with Crippen molar-refractivity contribution < 1.29 is 14.6 Å². The SMILES string of the molecule is COc1ccccc1C#C[C@@]1(O)CC[C@@]2(C)C(CCC3C2CC[C@@]2(C)C3CC[C@@H]2OC)C1. The van der Waals surface area contributed by atoms with E-state index in [2.05, 4.69) is 25.7 Å². The highest BCUT2D eigenvalue weighted by Crippen LogP contribution is 2.67. The average Bonchev–Trinajstić information content (AvgIpc) is 3.15. The summed E-state index contributed by atoms with van der Waals surface area (Å²) >= 11 is 0. The van der Waals surface area contributed by atoms with Crippen molar-refractivity contribution in [3.05, 3.63) is 29.8 Å². The van der Waals surface area contributed by atoms with Crippen LogP contribution >= 0.6 is 0 Å². The van der Waals surface area contributed by atoms with Crippen LogP contribution in [-0.2, 0) is 4.74 Å². The van der Waals surface area contributed by atoms with Crippen LogP contribution < -0.4 is 4.74 Å². The van der Waals surface area contributed by atoms with Gasteiger partial charge in [0.05, 0.1) is 18.8 Å². The molecule has 0 heterocycles. The van der Waals surface area contributed by atoms with Crippen molar-refractivity contribution in [3.8, 4) is 17.6 Å². The number of methoxy groups -OCH3 is 2. The third kappa shape index (κ3) is 3.41. The Labute approximate surface area is 194 Å². The molecule has 5 rings (SSSR count). The fourth-order valence-electron chi connectivity index (χ4n) is 8.63. The highest BCUT2D eigenvalue weighted by molar-refractivity contribution is 5.47. The van der Waals surface area contributed by atoms with Gasteiger partial charge >= 0.3 is 0 Å². The van der Waals surface area contributed by atoms with Crippen LogP contribution in [-0.4, -0.2) is 31.0 Å². The Kier molecular flexibility index (Phi) is 5.62. The number of aliphatic hydroxyl groups is 1. The predicted molar refractivity (Wildman–Crippen MR) is 127 cm³/mol. The highest BCUT2D eigenvalue weighted by atomic mass is 16.5. The van der Waals surface area contributed by atoms with Gasteiger partial charge < -0.3 is 14.6 Å². The van der Waals surface area contributed by atoms with E-state index in [-0.39, 0.29) is 0 Å². The van der Waals surface area contributed by atoms with Gasteiger partial charge in [-0.05, 0) is 104 Å². The summed E-state index contributed by atoms with van der Waals surface area (Å²) in [7, 11) is 3.59. The molecule has 0 saturated heterocycles. The van der Waals surface area contributed by atoms with E-state index < -0.39 is 5.60 Å². The molecule has 3 nitrogen and oxygen atoms in total. The van der Waals surface area contributed by atoms with Crippen molar-refractivity contribution in [1.29, 1.82) is 0 Å². The van der Waals surface area contributed by atoms with Crippen LogP contribution in [0.3, 0.4) is 0 Å². The molecule has 8 atom stereocenters. The second-order valence-electron chi connectivity index (χ2n) is 11.7. The average molecular weight is 437 g/mol. The Morgan fingerprint density at radius 2 is 1.69 bits per heavy atom. The molecular formula is C29H40O3. The smallest absolute Gasteiger partial charge is 0.134 e. The molecule has 4 aliphatic carbocycles. The van der Waals surface area contributed by atoms with E-state index in [4.69, 9.17) is 9.47 Å². The summed E-state index contributed by atoms with van der Waals surface area (Å²) in [5, 5.41) is 11.5. The van der Waals surface area contributed by atoms with E-state index in [0.717, 1.165) is 48.3 Å². The summed E-state index contributed by atoms with van der Waals surface area (Å²) in [6.07, 6.45) is 10.9. The lowest BCUT2D eigenvalue weighted by molar-refractivity contribution is -0.146. The van der Waals surface area contributed by atoms with Crippen LogP contribution in [0.1, 0.15) is 77.2 Å². The molecule has 174 valence electrons. The minimum absolute atomic E-state index is 0.341. The summed E-state index contributed by atoms with van der Waals surface area (Å²) < 4.78 is 11.4. The van der Waals surface area contributed by atoms with E-state index in [1.165, 1.54) is 38.5 Å². The van der Waals surface area contributed by atoms with E-state index in [1.807, 2.05) is 31.4 Å². The topological polar surface area (TPSA) is 38.7 Å². The zero-order chi connectivity index (χ0) is 22.6. The molecule has 0 aliphatic heterocycles. The zero-order valence-corrected chi connectivity index (χ0v) is 20.3. The van der Waals surface area contributed by atoms with Crippen molar-refractivity contribution in [2.24, 2.45) is 34.5 Å². The summed E-state index contributed by atoms with van der Waals surface area (Å²) in [5.74, 6) is 10.3. The van der Waals surface area contributed by atoms with Gasteiger partial charge in [0.1, 0.15) is 11.4 Å². The molecule has 1 aromatic carbocycles. The molecule has 0 amide bonds. The van der Waals surface area contributed by atoms with Gasteiger partial charge in [0.2, 0.25) is 0 Å². The van der Waals surface area contributed by atoms with Crippen LogP contribution in [0, 0.1) is 46.3 Å². The molecule has 32 heavy (non-hydrogen) atoms. The van der Waals surface area contributed by atoms with Crippen LogP contribution in [0.5, 0.6) is 5.75 Å². The number of para-hydroxylation sites is 1. The molecule has 0 radical (unpaired) electrons. The van der Waals surface area contributed by atoms with Gasteiger partial charge in [-0.1, -0.05) is 37.8 Å². The summed E-state index contributed by atoms with van der Waals surface area (Å²) in [4.78, 5) is 0. The number of ether oxygens (including phenoxy) is 2. The Morgan fingerprint density at radius 3 is 2.47 bits per heavy atom. The van der Waals surface area contributed by atoms with E-state index in [1.54, 1.807) is 7.11 Å². The lowest BCUT2D eigenvalue weighted by Gasteiger charge is -2.61. The van der Waals surface area contributed by atoms with Crippen molar-refractivity contribution in [2.45, 2.75) is 83.3 Å². The van der Waals surface area contributed by atoms with Gasteiger partial charge in [-0.3, -0.25) is 0 Å². The first-order chi connectivity index (χ1) is 15.3. The molecule has 1 aromatic rings. The third-order valence-electron chi connectivity index (χ3n) is 10.5. The molecular weight excluding hydrogens is 396 g/mol. The second-order valence-corrected chi connectivity index (χ2v) is 11.7. The van der Waals surface area contributed by atoms with E-state index in [9.17, 15) is 5.11 Å². The Bertz CT molecular complexity index is 914. The van der Waals surface area contributed by atoms with E-state index in [0.29, 0.717) is 22.9 Å². The molecule has 4 fully saturated rings. The highest BCUT2D eigenvalue weighted by Gasteiger charge is 2.61. The maximum atomic E-state index is 11.5. The number of rotatable bonds is 2. The van der Waals surface area contributed by atoms with Crippen molar-refractivity contribution in [1.82, 2.24) is 0 Å². The number of hydrogen-bond donors (Lipinski definition) is 1.